The third-order valence-corrected chi connectivity index (χ3v) is 5.90. The molecule has 0 fully saturated rings. The maximum absolute atomic E-state index is 12.0. The lowest BCUT2D eigenvalue weighted by molar-refractivity contribution is 0.0967. The highest BCUT2D eigenvalue weighted by Crippen LogP contribution is 2.43. The topological polar surface area (TPSA) is 77.5 Å². The number of amides is 2. The summed E-state index contributed by atoms with van der Waals surface area (Å²) in [6, 6.07) is 10.1. The third kappa shape index (κ3) is 8.17. The number of hydrogen-bond donors (Lipinski definition) is 0. The first-order valence-corrected chi connectivity index (χ1v) is 12.4. The normalized spacial score (nSPS) is 10.5. The van der Waals surface area contributed by atoms with E-state index in [4.69, 9.17) is 18.9 Å². The van der Waals surface area contributed by atoms with Crippen LogP contribution in [0.3, 0.4) is 0 Å². The van der Waals surface area contributed by atoms with Crippen LogP contribution in [0.15, 0.2) is 36.9 Å². The van der Waals surface area contributed by atoms with E-state index < -0.39 is 12.2 Å². The van der Waals surface area contributed by atoms with Crippen molar-refractivity contribution >= 4 is 17.8 Å². The van der Waals surface area contributed by atoms with E-state index >= 15 is 0 Å². The number of methoxy groups -OCH3 is 2. The highest BCUT2D eigenvalue weighted by Gasteiger charge is 2.21. The van der Waals surface area contributed by atoms with Crippen LogP contribution in [0, 0.1) is 6.92 Å². The Labute approximate surface area is 220 Å². The van der Waals surface area contributed by atoms with E-state index in [0.29, 0.717) is 11.5 Å². The fraction of sp³-hybridized carbons (Fsp3) is 0.448. The summed E-state index contributed by atoms with van der Waals surface area (Å²) in [7, 11) is 5.86. The standard InChI is InChI=1S/C29H40N2O6/c1-9-10-11-12-22-16-25(36-18-30(5)28(32)34-7)27(24-15-21(4)13-14-23(24)20(2)3)26(17-22)37-19-31(6)29(33)35-8/h13-17H,2,9-12,18-19H2,1,3-8H3. The summed E-state index contributed by atoms with van der Waals surface area (Å²) in [5, 5.41) is 0. The number of carbonyl (C=O) groups excluding carboxylic acids is 2. The lowest BCUT2D eigenvalue weighted by Crippen LogP contribution is -2.31. The Morgan fingerprint density at radius 3 is 1.89 bits per heavy atom. The molecule has 0 aliphatic carbocycles. The smallest absolute Gasteiger partial charge is 0.411 e. The summed E-state index contributed by atoms with van der Waals surface area (Å²) < 4.78 is 22.1. The van der Waals surface area contributed by atoms with Crippen LogP contribution in [0.25, 0.3) is 16.7 Å². The molecule has 2 amide bonds. The number of benzene rings is 2. The molecule has 8 heteroatoms. The van der Waals surface area contributed by atoms with Gasteiger partial charge in [0, 0.05) is 14.1 Å². The van der Waals surface area contributed by atoms with Crippen molar-refractivity contribution in [2.24, 2.45) is 0 Å². The quantitative estimate of drug-likeness (QED) is 0.239. The van der Waals surface area contributed by atoms with Gasteiger partial charge >= 0.3 is 12.2 Å². The molecule has 0 unspecified atom stereocenters. The number of aryl methyl sites for hydroxylation is 2. The van der Waals surface area contributed by atoms with Gasteiger partial charge in [-0.3, -0.25) is 9.80 Å². The van der Waals surface area contributed by atoms with Crippen LogP contribution < -0.4 is 9.47 Å². The number of carbonyl (C=O) groups is 2. The van der Waals surface area contributed by atoms with Crippen molar-refractivity contribution in [3.63, 3.8) is 0 Å². The van der Waals surface area contributed by atoms with Crippen molar-refractivity contribution in [1.29, 1.82) is 0 Å². The minimum absolute atomic E-state index is 0.0200. The molecule has 0 radical (unpaired) electrons. The molecule has 0 N–H and O–H groups in total. The van der Waals surface area contributed by atoms with Gasteiger partial charge in [-0.05, 0) is 55.5 Å². The zero-order valence-electron chi connectivity index (χ0n) is 23.2. The molecule has 0 bridgehead atoms. The number of unbranched alkanes of at least 4 members (excludes halogenated alkanes) is 2. The zero-order chi connectivity index (χ0) is 27.5. The number of nitrogens with zero attached hydrogens (tertiary/aromatic N) is 2. The molecular weight excluding hydrogens is 472 g/mol. The lowest BCUT2D eigenvalue weighted by Gasteiger charge is -2.24. The second-order valence-corrected chi connectivity index (χ2v) is 9.14. The first-order chi connectivity index (χ1) is 17.6. The SMILES string of the molecule is C=C(C)c1ccc(C)cc1-c1c(OCN(C)C(=O)OC)cc(CCCCC)cc1OCN(C)C(=O)OC. The molecule has 0 atom stereocenters. The van der Waals surface area contributed by atoms with Crippen molar-refractivity contribution in [2.75, 3.05) is 41.8 Å². The molecule has 2 aromatic rings. The Kier molecular flexibility index (Phi) is 11.3. The van der Waals surface area contributed by atoms with E-state index in [-0.39, 0.29) is 13.5 Å². The molecule has 0 heterocycles. The van der Waals surface area contributed by atoms with E-state index in [0.717, 1.165) is 59.1 Å². The van der Waals surface area contributed by atoms with Gasteiger partial charge in [0.25, 0.3) is 0 Å². The summed E-state index contributed by atoms with van der Waals surface area (Å²) in [6.07, 6.45) is 3.04. The van der Waals surface area contributed by atoms with Crippen LogP contribution in [0.5, 0.6) is 11.5 Å². The fourth-order valence-corrected chi connectivity index (χ4v) is 3.85. The highest BCUT2D eigenvalue weighted by atomic mass is 16.6. The molecule has 0 saturated heterocycles. The van der Waals surface area contributed by atoms with Crippen molar-refractivity contribution < 1.29 is 28.5 Å². The Morgan fingerprint density at radius 2 is 1.43 bits per heavy atom. The predicted octanol–water partition coefficient (Wildman–Crippen LogP) is 6.50. The highest BCUT2D eigenvalue weighted by molar-refractivity contribution is 5.87. The maximum Gasteiger partial charge on any atom is 0.411 e. The zero-order valence-corrected chi connectivity index (χ0v) is 23.2. The van der Waals surface area contributed by atoms with Crippen molar-refractivity contribution in [1.82, 2.24) is 9.80 Å². The van der Waals surface area contributed by atoms with Crippen molar-refractivity contribution in [3.05, 3.63) is 53.6 Å². The van der Waals surface area contributed by atoms with Crippen LogP contribution in [0.2, 0.25) is 0 Å². The Balaban J connectivity index is 2.69. The predicted molar refractivity (Wildman–Crippen MR) is 146 cm³/mol. The molecule has 37 heavy (non-hydrogen) atoms. The van der Waals surface area contributed by atoms with Gasteiger partial charge in [-0.1, -0.05) is 55.7 Å². The average Bonchev–Trinajstić information content (AvgIpc) is 2.88. The second-order valence-electron chi connectivity index (χ2n) is 9.14. The van der Waals surface area contributed by atoms with Crippen LogP contribution in [0.1, 0.15) is 49.8 Å². The van der Waals surface area contributed by atoms with Gasteiger partial charge in [0.2, 0.25) is 0 Å². The summed E-state index contributed by atoms with van der Waals surface area (Å²) in [5.74, 6) is 1.13. The van der Waals surface area contributed by atoms with Crippen LogP contribution in [0.4, 0.5) is 9.59 Å². The molecule has 8 nitrogen and oxygen atoms in total. The molecule has 0 aromatic heterocycles. The van der Waals surface area contributed by atoms with Gasteiger partial charge in [-0.25, -0.2) is 9.59 Å². The summed E-state index contributed by atoms with van der Waals surface area (Å²) in [6.45, 7) is 10.3. The largest absolute Gasteiger partial charge is 0.472 e. The first-order valence-electron chi connectivity index (χ1n) is 12.4. The molecule has 0 aliphatic rings. The Hall–Kier alpha value is -3.68. The molecule has 0 aliphatic heterocycles. The van der Waals surface area contributed by atoms with Gasteiger partial charge in [0.05, 0.1) is 19.8 Å². The van der Waals surface area contributed by atoms with E-state index in [9.17, 15) is 9.59 Å². The van der Waals surface area contributed by atoms with Gasteiger partial charge in [-0.2, -0.15) is 0 Å². The average molecular weight is 513 g/mol. The van der Waals surface area contributed by atoms with Crippen LogP contribution >= 0.6 is 0 Å². The second kappa shape index (κ2) is 14.2. The molecule has 0 spiro atoms. The monoisotopic (exact) mass is 512 g/mol. The van der Waals surface area contributed by atoms with E-state index in [1.807, 2.05) is 38.1 Å². The first kappa shape index (κ1) is 29.5. The number of rotatable bonds is 12. The van der Waals surface area contributed by atoms with Crippen molar-refractivity contribution in [2.45, 2.75) is 46.5 Å². The van der Waals surface area contributed by atoms with Gasteiger partial charge in [0.1, 0.15) is 11.5 Å². The molecule has 0 saturated carbocycles. The minimum atomic E-state index is -0.505. The molecule has 2 aromatic carbocycles. The minimum Gasteiger partial charge on any atom is -0.472 e. The van der Waals surface area contributed by atoms with Gasteiger partial charge in [0.15, 0.2) is 13.5 Å². The van der Waals surface area contributed by atoms with E-state index in [1.165, 1.54) is 24.0 Å². The summed E-state index contributed by atoms with van der Waals surface area (Å²) >= 11 is 0. The van der Waals surface area contributed by atoms with E-state index in [2.05, 4.69) is 19.6 Å². The van der Waals surface area contributed by atoms with Gasteiger partial charge in [-0.15, -0.1) is 0 Å². The number of hydrogen-bond acceptors (Lipinski definition) is 6. The Morgan fingerprint density at radius 1 is 0.892 bits per heavy atom. The Bertz CT molecular complexity index is 1050. The van der Waals surface area contributed by atoms with Crippen molar-refractivity contribution in [3.8, 4) is 22.6 Å². The summed E-state index contributed by atoms with van der Waals surface area (Å²) in [5.41, 5.74) is 5.53. The maximum atomic E-state index is 12.0. The van der Waals surface area contributed by atoms with Gasteiger partial charge < -0.3 is 18.9 Å². The molecule has 2 rings (SSSR count). The number of allylic oxidation sites excluding steroid dienone is 1. The molecule has 202 valence electrons. The lowest BCUT2D eigenvalue weighted by atomic mass is 9.91. The molecular formula is C29H40N2O6. The number of ether oxygens (including phenoxy) is 4. The van der Waals surface area contributed by atoms with E-state index in [1.54, 1.807) is 14.1 Å². The summed E-state index contributed by atoms with van der Waals surface area (Å²) in [4.78, 5) is 26.7. The van der Waals surface area contributed by atoms with Crippen LogP contribution in [-0.4, -0.2) is 63.8 Å². The fourth-order valence-electron chi connectivity index (χ4n) is 3.85. The third-order valence-electron chi connectivity index (χ3n) is 5.90. The van der Waals surface area contributed by atoms with Crippen LogP contribution in [-0.2, 0) is 15.9 Å².